The van der Waals surface area contributed by atoms with Crippen molar-refractivity contribution in [2.75, 3.05) is 13.1 Å². The van der Waals surface area contributed by atoms with Crippen LogP contribution in [0.4, 0.5) is 22.4 Å². The Balaban J connectivity index is 1.56. The maximum Gasteiger partial charge on any atom is 0.451 e. The molecule has 0 saturated carbocycles. The summed E-state index contributed by atoms with van der Waals surface area (Å²) in [6, 6.07) is 3.90. The molecule has 3 aromatic rings. The summed E-state index contributed by atoms with van der Waals surface area (Å²) in [6.45, 7) is 3.21. The summed E-state index contributed by atoms with van der Waals surface area (Å²) < 4.78 is 58.8. The third-order valence-corrected chi connectivity index (χ3v) is 6.81. The molecule has 9 nitrogen and oxygen atoms in total. The molecule has 2 N–H and O–H groups in total. The molecule has 2 aromatic heterocycles. The van der Waals surface area contributed by atoms with E-state index in [2.05, 4.69) is 20.3 Å². The van der Waals surface area contributed by atoms with Crippen molar-refractivity contribution < 1.29 is 37.0 Å². The molecule has 3 atom stereocenters. The zero-order valence-electron chi connectivity index (χ0n) is 20.2. The van der Waals surface area contributed by atoms with Gasteiger partial charge in [0, 0.05) is 53.1 Å². The Labute approximate surface area is 218 Å². The second-order valence-corrected chi connectivity index (χ2v) is 9.98. The highest BCUT2D eigenvalue weighted by Gasteiger charge is 2.35. The molecule has 1 aromatic carbocycles. The van der Waals surface area contributed by atoms with E-state index in [1.54, 1.807) is 25.3 Å². The first kappa shape index (κ1) is 27.2. The SMILES string of the molecule is Cc1cnc(-c2cc(OC3CCN(C(=O)O)CC3F)cc(C(=O)NC(C)c3cnc(C(F)(F)F)nc3)c2)s1. The van der Waals surface area contributed by atoms with Crippen molar-refractivity contribution in [1.29, 1.82) is 0 Å². The predicted octanol–water partition coefficient (Wildman–Crippen LogP) is 4.89. The molecule has 1 aliphatic rings. The molecule has 0 radical (unpaired) electrons. The fourth-order valence-electron chi connectivity index (χ4n) is 3.85. The number of rotatable bonds is 6. The van der Waals surface area contributed by atoms with E-state index in [0.717, 1.165) is 22.2 Å². The standard InChI is InChI=1S/C24H23F4N5O4S/c1-12-8-29-21(38-12)15-5-14(6-17(7-15)37-19-3-4-33(23(35)36)11-18(19)25)20(34)32-13(2)16-9-30-22(31-10-16)24(26,27)28/h5-10,13,18-19H,3-4,11H2,1-2H3,(H,32,34)(H,35,36). The van der Waals surface area contributed by atoms with Gasteiger partial charge in [-0.3, -0.25) is 4.79 Å². The molecule has 14 heteroatoms. The highest BCUT2D eigenvalue weighted by atomic mass is 32.1. The minimum atomic E-state index is -4.68. The first-order valence-corrected chi connectivity index (χ1v) is 12.3. The molecular formula is C24H23F4N5O4S. The lowest BCUT2D eigenvalue weighted by atomic mass is 10.1. The summed E-state index contributed by atoms with van der Waals surface area (Å²) in [7, 11) is 0. The molecule has 2 amide bonds. The van der Waals surface area contributed by atoms with Crippen molar-refractivity contribution in [1.82, 2.24) is 25.2 Å². The van der Waals surface area contributed by atoms with E-state index in [1.165, 1.54) is 17.4 Å². The average Bonchev–Trinajstić information content (AvgIpc) is 3.30. The van der Waals surface area contributed by atoms with Crippen molar-refractivity contribution in [3.05, 3.63) is 58.6 Å². The Kier molecular flexibility index (Phi) is 7.81. The second kappa shape index (κ2) is 10.9. The lowest BCUT2D eigenvalue weighted by Gasteiger charge is -2.33. The van der Waals surface area contributed by atoms with E-state index >= 15 is 0 Å². The topological polar surface area (TPSA) is 118 Å². The van der Waals surface area contributed by atoms with Gasteiger partial charge in [-0.05, 0) is 32.0 Å². The molecule has 1 fully saturated rings. The molecule has 4 rings (SSSR count). The fourth-order valence-corrected chi connectivity index (χ4v) is 4.60. The van der Waals surface area contributed by atoms with Gasteiger partial charge in [-0.15, -0.1) is 11.3 Å². The Morgan fingerprint density at radius 2 is 1.89 bits per heavy atom. The molecule has 1 aliphatic heterocycles. The minimum Gasteiger partial charge on any atom is -0.487 e. The number of aromatic nitrogens is 3. The Hall–Kier alpha value is -3.81. The Morgan fingerprint density at radius 3 is 2.47 bits per heavy atom. The molecule has 0 spiro atoms. The average molecular weight is 554 g/mol. The zero-order valence-corrected chi connectivity index (χ0v) is 21.0. The van der Waals surface area contributed by atoms with Crippen molar-refractivity contribution >= 4 is 23.3 Å². The van der Waals surface area contributed by atoms with Crippen LogP contribution in [-0.4, -0.2) is 62.3 Å². The summed E-state index contributed by atoms with van der Waals surface area (Å²) in [5.41, 5.74) is 0.970. The van der Waals surface area contributed by atoms with Crippen LogP contribution >= 0.6 is 11.3 Å². The molecule has 3 heterocycles. The van der Waals surface area contributed by atoms with Crippen LogP contribution < -0.4 is 10.1 Å². The number of likely N-dealkylation sites (tertiary alicyclic amines) is 1. The van der Waals surface area contributed by atoms with Gasteiger partial charge in [-0.2, -0.15) is 13.2 Å². The van der Waals surface area contributed by atoms with Gasteiger partial charge in [-0.25, -0.2) is 24.1 Å². The van der Waals surface area contributed by atoms with E-state index in [0.29, 0.717) is 10.6 Å². The van der Waals surface area contributed by atoms with Crippen LogP contribution in [0.15, 0.2) is 36.8 Å². The van der Waals surface area contributed by atoms with Crippen LogP contribution in [-0.2, 0) is 6.18 Å². The number of piperidine rings is 1. The molecule has 3 unspecified atom stereocenters. The quantitative estimate of drug-likeness (QED) is 0.418. The number of aryl methyl sites for hydroxylation is 1. The maximum atomic E-state index is 14.7. The molecule has 0 aliphatic carbocycles. The van der Waals surface area contributed by atoms with Gasteiger partial charge in [-0.1, -0.05) is 0 Å². The van der Waals surface area contributed by atoms with Crippen molar-refractivity contribution in [2.45, 2.75) is 44.8 Å². The number of hydrogen-bond donors (Lipinski definition) is 2. The first-order valence-electron chi connectivity index (χ1n) is 11.5. The van der Waals surface area contributed by atoms with E-state index < -0.39 is 42.3 Å². The number of carbonyl (C=O) groups is 2. The molecule has 1 saturated heterocycles. The zero-order chi connectivity index (χ0) is 27.6. The normalized spacial score (nSPS) is 18.6. The second-order valence-electron chi connectivity index (χ2n) is 8.74. The number of ether oxygens (including phenoxy) is 1. The fraction of sp³-hybridized carbons (Fsp3) is 0.375. The summed E-state index contributed by atoms with van der Waals surface area (Å²) in [4.78, 5) is 37.1. The van der Waals surface area contributed by atoms with E-state index in [-0.39, 0.29) is 36.4 Å². The molecular weight excluding hydrogens is 530 g/mol. The number of alkyl halides is 4. The number of nitrogens with zero attached hydrogens (tertiary/aromatic N) is 4. The lowest BCUT2D eigenvalue weighted by molar-refractivity contribution is -0.145. The third-order valence-electron chi connectivity index (χ3n) is 5.85. The lowest BCUT2D eigenvalue weighted by Crippen LogP contribution is -2.48. The van der Waals surface area contributed by atoms with Gasteiger partial charge >= 0.3 is 12.3 Å². The van der Waals surface area contributed by atoms with Crippen LogP contribution in [0.3, 0.4) is 0 Å². The van der Waals surface area contributed by atoms with E-state index in [9.17, 15) is 27.2 Å². The number of nitrogens with one attached hydrogen (secondary N) is 1. The predicted molar refractivity (Wildman–Crippen MR) is 129 cm³/mol. The monoisotopic (exact) mass is 553 g/mol. The van der Waals surface area contributed by atoms with Gasteiger partial charge in [0.15, 0.2) is 6.17 Å². The number of carboxylic acid groups (broad SMARTS) is 1. The summed E-state index contributed by atoms with van der Waals surface area (Å²) in [5.74, 6) is -1.65. The largest absolute Gasteiger partial charge is 0.487 e. The molecule has 202 valence electrons. The van der Waals surface area contributed by atoms with Crippen molar-refractivity contribution in [3.63, 3.8) is 0 Å². The van der Waals surface area contributed by atoms with Crippen LogP contribution in [0.1, 0.15) is 46.0 Å². The number of thiazole rings is 1. The number of halogens is 4. The van der Waals surface area contributed by atoms with Crippen LogP contribution in [0.2, 0.25) is 0 Å². The summed E-state index contributed by atoms with van der Waals surface area (Å²) >= 11 is 1.38. The van der Waals surface area contributed by atoms with Gasteiger partial charge in [0.25, 0.3) is 5.91 Å². The smallest absolute Gasteiger partial charge is 0.451 e. The Bertz CT molecular complexity index is 1320. The maximum absolute atomic E-state index is 14.7. The number of benzene rings is 1. The van der Waals surface area contributed by atoms with E-state index in [4.69, 9.17) is 9.84 Å². The molecule has 0 bridgehead atoms. The third kappa shape index (κ3) is 6.36. The summed E-state index contributed by atoms with van der Waals surface area (Å²) in [6.07, 6.45) is -4.60. The highest BCUT2D eigenvalue weighted by molar-refractivity contribution is 7.14. The van der Waals surface area contributed by atoms with Crippen LogP contribution in [0, 0.1) is 6.92 Å². The van der Waals surface area contributed by atoms with Gasteiger partial charge in [0.2, 0.25) is 5.82 Å². The van der Waals surface area contributed by atoms with Gasteiger partial charge in [0.05, 0.1) is 12.6 Å². The van der Waals surface area contributed by atoms with Crippen molar-refractivity contribution in [2.24, 2.45) is 0 Å². The number of hydrogen-bond acceptors (Lipinski definition) is 7. The summed E-state index contributed by atoms with van der Waals surface area (Å²) in [5, 5.41) is 12.4. The Morgan fingerprint density at radius 1 is 1.18 bits per heavy atom. The van der Waals surface area contributed by atoms with E-state index in [1.807, 2.05) is 6.92 Å². The number of amides is 2. The number of carbonyl (C=O) groups excluding carboxylic acids is 1. The van der Waals surface area contributed by atoms with Gasteiger partial charge < -0.3 is 20.1 Å². The van der Waals surface area contributed by atoms with Crippen molar-refractivity contribution in [3.8, 4) is 16.3 Å². The molecule has 38 heavy (non-hydrogen) atoms. The first-order chi connectivity index (χ1) is 17.9. The highest BCUT2D eigenvalue weighted by Crippen LogP contribution is 2.32. The minimum absolute atomic E-state index is 0.103. The van der Waals surface area contributed by atoms with Crippen LogP contribution in [0.5, 0.6) is 5.75 Å². The van der Waals surface area contributed by atoms with Crippen LogP contribution in [0.25, 0.3) is 10.6 Å². The van der Waals surface area contributed by atoms with Gasteiger partial charge in [0.1, 0.15) is 16.9 Å².